The van der Waals surface area contributed by atoms with Crippen molar-refractivity contribution in [2.24, 2.45) is 4.99 Å². The largest absolute Gasteiger partial charge is 0.386 e. The van der Waals surface area contributed by atoms with Gasteiger partial charge in [-0.2, -0.15) is 0 Å². The van der Waals surface area contributed by atoms with E-state index in [4.69, 9.17) is 5.11 Å². The van der Waals surface area contributed by atoms with Crippen LogP contribution in [0.1, 0.15) is 6.92 Å². The quantitative estimate of drug-likeness (QED) is 0.167. The summed E-state index contributed by atoms with van der Waals surface area (Å²) in [4.78, 5) is 15.4. The van der Waals surface area contributed by atoms with Crippen LogP contribution in [-0.4, -0.2) is 63.9 Å². The van der Waals surface area contributed by atoms with Gasteiger partial charge < -0.3 is 10.4 Å². The highest BCUT2D eigenvalue weighted by Crippen LogP contribution is 2.20. The second-order valence-corrected chi connectivity index (χ2v) is 12.3. The van der Waals surface area contributed by atoms with E-state index in [1.165, 1.54) is 29.1 Å². The van der Waals surface area contributed by atoms with Gasteiger partial charge in [-0.3, -0.25) is 14.0 Å². The normalized spacial score (nSPS) is 12.6. The number of aliphatic imine (C=N–C) groups is 1. The second-order valence-electron chi connectivity index (χ2n) is 3.46. The molecule has 0 aromatic rings. The van der Waals surface area contributed by atoms with Gasteiger partial charge in [0.15, 0.2) is 0 Å². The lowest BCUT2D eigenvalue weighted by Gasteiger charge is -2.04. The highest BCUT2D eigenvalue weighted by molar-refractivity contribution is 8.26. The van der Waals surface area contributed by atoms with Crippen molar-refractivity contribution < 1.29 is 14.1 Å². The number of hydrogen-bond acceptors (Lipinski definition) is 10. The van der Waals surface area contributed by atoms with Crippen LogP contribution in [0.15, 0.2) is 4.99 Å². The Morgan fingerprint density at radius 2 is 1.83 bits per heavy atom. The molecule has 0 spiro atoms. The van der Waals surface area contributed by atoms with Gasteiger partial charge in [-0.25, -0.2) is 0 Å². The molecule has 1 unspecified atom stereocenters. The molecule has 1 atom stereocenters. The molecule has 0 aromatic heterocycles. The summed E-state index contributed by atoms with van der Waals surface area (Å²) < 4.78 is 11.1. The number of carbonyl (C=O) groups excluding carboxylic acids is 1. The fourth-order valence-electron chi connectivity index (χ4n) is 0.858. The van der Waals surface area contributed by atoms with E-state index >= 15 is 0 Å². The smallest absolute Gasteiger partial charge is 0.280 e. The number of nitrogens with one attached hydrogen (secondary N) is 1. The minimum Gasteiger partial charge on any atom is -0.386 e. The van der Waals surface area contributed by atoms with Crippen LogP contribution in [0.3, 0.4) is 0 Å². The van der Waals surface area contributed by atoms with E-state index in [1.54, 1.807) is 23.5 Å². The third kappa shape index (κ3) is 19.5. The zero-order chi connectivity index (χ0) is 17.2. The molecule has 0 aliphatic rings. The molecule has 136 valence electrons. The fourth-order valence-corrected chi connectivity index (χ4v) is 6.90. The van der Waals surface area contributed by atoms with E-state index in [0.29, 0.717) is 22.6 Å². The third-order valence-corrected chi connectivity index (χ3v) is 9.19. The Labute approximate surface area is 166 Å². The van der Waals surface area contributed by atoms with Crippen molar-refractivity contribution in [3.8, 4) is 0 Å². The summed E-state index contributed by atoms with van der Waals surface area (Å²) in [5.41, 5.74) is 1.53. The fraction of sp³-hybridized carbons (Fsp3) is 0.818. The molecule has 0 fully saturated rings. The molecule has 0 radical (unpaired) electrons. The average molecular weight is 455 g/mol. The summed E-state index contributed by atoms with van der Waals surface area (Å²) in [7, 11) is -0.909. The van der Waals surface area contributed by atoms with Crippen molar-refractivity contribution in [1.29, 1.82) is 0 Å². The zero-order valence-electron chi connectivity index (χ0n) is 12.8. The number of carbonyl (C=O) groups is 1. The van der Waals surface area contributed by atoms with Gasteiger partial charge in [-0.1, -0.05) is 18.7 Å². The van der Waals surface area contributed by atoms with Gasteiger partial charge >= 0.3 is 0 Å². The van der Waals surface area contributed by atoms with Gasteiger partial charge in [0.25, 0.3) is 5.24 Å². The molecule has 12 heteroatoms. The molecule has 1 amide bonds. The number of thioether (sulfide) groups is 6. The molecule has 0 aromatic carbocycles. The van der Waals surface area contributed by atoms with E-state index in [9.17, 15) is 9.00 Å². The molecular formula is C11H22N2O3S7. The Bertz CT molecular complexity index is 348. The maximum Gasteiger partial charge on any atom is 0.280 e. The van der Waals surface area contributed by atoms with E-state index in [-0.39, 0.29) is 11.2 Å². The Hall–Kier alpha value is 1.35. The van der Waals surface area contributed by atoms with Crippen LogP contribution < -0.4 is 5.32 Å². The first-order valence-corrected chi connectivity index (χ1v) is 14.6. The summed E-state index contributed by atoms with van der Waals surface area (Å²) in [6, 6.07) is 0. The summed E-state index contributed by atoms with van der Waals surface area (Å²) in [5, 5.41) is 14.9. The summed E-state index contributed by atoms with van der Waals surface area (Å²) in [6.07, 6.45) is 0. The number of nitrogens with zero attached hydrogens (tertiary/aromatic N) is 1. The van der Waals surface area contributed by atoms with Crippen LogP contribution in [0.2, 0.25) is 0 Å². The summed E-state index contributed by atoms with van der Waals surface area (Å²) >= 11 is 9.57. The van der Waals surface area contributed by atoms with Crippen LogP contribution in [0, 0.1) is 0 Å². The zero-order valence-corrected chi connectivity index (χ0v) is 18.5. The monoisotopic (exact) mass is 454 g/mol. The lowest BCUT2D eigenvalue weighted by atomic mass is 11.0. The Morgan fingerprint density at radius 3 is 2.52 bits per heavy atom. The van der Waals surface area contributed by atoms with Crippen LogP contribution in [0.4, 0.5) is 4.79 Å². The molecule has 0 heterocycles. The highest BCUT2D eigenvalue weighted by Gasteiger charge is 2.00. The van der Waals surface area contributed by atoms with Gasteiger partial charge in [0.1, 0.15) is 0 Å². The second kappa shape index (κ2) is 19.7. The average Bonchev–Trinajstić information content (AvgIpc) is 2.55. The van der Waals surface area contributed by atoms with Crippen LogP contribution in [-0.2, 0) is 10.8 Å². The molecule has 0 aliphatic carbocycles. The molecule has 0 saturated heterocycles. The maximum atomic E-state index is 11.3. The predicted molar refractivity (Wildman–Crippen MR) is 118 cm³/mol. The molecule has 5 nitrogen and oxygen atoms in total. The molecule has 0 rings (SSSR count). The van der Waals surface area contributed by atoms with E-state index < -0.39 is 10.8 Å². The van der Waals surface area contributed by atoms with E-state index in [1.807, 2.05) is 30.4 Å². The van der Waals surface area contributed by atoms with Crippen LogP contribution in [0.25, 0.3) is 0 Å². The van der Waals surface area contributed by atoms with E-state index in [2.05, 4.69) is 10.3 Å². The van der Waals surface area contributed by atoms with Crippen molar-refractivity contribution in [3.63, 3.8) is 0 Å². The minimum atomic E-state index is -0.909. The number of rotatable bonds is 15. The van der Waals surface area contributed by atoms with Crippen LogP contribution >= 0.6 is 70.6 Å². The first-order valence-electron chi connectivity index (χ1n) is 6.48. The van der Waals surface area contributed by atoms with Gasteiger partial charge in [0.2, 0.25) is 0 Å². The molecule has 23 heavy (non-hydrogen) atoms. The SMILES string of the molecule is CCS(=O)C=NCSCSCSCSCNC(=O)SCSCO. The Morgan fingerprint density at radius 1 is 1.13 bits per heavy atom. The summed E-state index contributed by atoms with van der Waals surface area (Å²) in [5.74, 6) is 1.95. The summed E-state index contributed by atoms with van der Waals surface area (Å²) in [6.45, 7) is 1.88. The third-order valence-electron chi connectivity index (χ3n) is 1.83. The predicted octanol–water partition coefficient (Wildman–Crippen LogP) is 3.59. The molecular weight excluding hydrogens is 433 g/mol. The molecule has 0 aliphatic heterocycles. The first-order chi connectivity index (χ1) is 11.2. The Balaban J connectivity index is 3.20. The van der Waals surface area contributed by atoms with Crippen molar-refractivity contribution in [3.05, 3.63) is 0 Å². The number of aliphatic hydroxyl groups is 1. The standard InChI is InChI=1S/C11H22N2O3S7/c1-2-23(16)5-12-3-17-7-20-9-21-8-18-4-13-11(15)22-10-19-6-14/h5,14H,2-4,6-10H2,1H3,(H,13,15). The Kier molecular flexibility index (Phi) is 20.8. The number of aliphatic hydroxyl groups excluding tert-OH is 1. The molecule has 0 saturated carbocycles. The lowest BCUT2D eigenvalue weighted by Crippen LogP contribution is -2.17. The minimum absolute atomic E-state index is 0.0428. The lowest BCUT2D eigenvalue weighted by molar-refractivity contribution is 0.262. The molecule has 0 bridgehead atoms. The van der Waals surface area contributed by atoms with Gasteiger partial charge in [-0.15, -0.1) is 58.8 Å². The highest BCUT2D eigenvalue weighted by atomic mass is 32.2. The van der Waals surface area contributed by atoms with Crippen molar-refractivity contribution in [1.82, 2.24) is 5.32 Å². The van der Waals surface area contributed by atoms with Crippen LogP contribution in [0.5, 0.6) is 0 Å². The van der Waals surface area contributed by atoms with Crippen molar-refractivity contribution in [2.45, 2.75) is 6.92 Å². The molecule has 2 N–H and O–H groups in total. The van der Waals surface area contributed by atoms with E-state index in [0.717, 1.165) is 15.3 Å². The first kappa shape index (κ1) is 24.4. The maximum absolute atomic E-state index is 11.3. The topological polar surface area (TPSA) is 78.8 Å². The number of amides is 1. The van der Waals surface area contributed by atoms with Crippen molar-refractivity contribution in [2.75, 3.05) is 43.8 Å². The van der Waals surface area contributed by atoms with Gasteiger partial charge in [0, 0.05) is 21.0 Å². The van der Waals surface area contributed by atoms with Crippen molar-refractivity contribution >= 4 is 92.2 Å². The number of hydrogen-bond donors (Lipinski definition) is 2. The van der Waals surface area contributed by atoms with Gasteiger partial charge in [0.05, 0.1) is 39.1 Å². The van der Waals surface area contributed by atoms with Gasteiger partial charge in [-0.05, 0) is 0 Å².